The summed E-state index contributed by atoms with van der Waals surface area (Å²) in [6.45, 7) is 1.71. The van der Waals surface area contributed by atoms with Crippen molar-refractivity contribution in [3.8, 4) is 0 Å². The van der Waals surface area contributed by atoms with Crippen LogP contribution >= 0.6 is 0 Å². The van der Waals surface area contributed by atoms with Gasteiger partial charge in [-0.15, -0.1) is 0 Å². The molecular weight excluding hydrogens is 258 g/mol. The van der Waals surface area contributed by atoms with E-state index in [-0.39, 0.29) is 0 Å². The van der Waals surface area contributed by atoms with Crippen LogP contribution in [-0.2, 0) is 13.1 Å². The van der Waals surface area contributed by atoms with Crippen molar-refractivity contribution >= 4 is 16.6 Å². The Morgan fingerprint density at radius 2 is 1.67 bits per heavy atom. The van der Waals surface area contributed by atoms with Crippen LogP contribution in [0.4, 0.5) is 5.69 Å². The zero-order valence-electron chi connectivity index (χ0n) is 12.2. The standard InChI is InChI=1S/C18H19N3/c1-21(12-14-6-9-16(19)10-7-14)13-17-11-8-15-4-2-3-5-18(15)20-17/h2-11H,12-13,19H2,1H3. The number of hydrogen-bond donors (Lipinski definition) is 1. The first-order valence-electron chi connectivity index (χ1n) is 7.08. The Morgan fingerprint density at radius 3 is 2.48 bits per heavy atom. The third kappa shape index (κ3) is 3.38. The van der Waals surface area contributed by atoms with Gasteiger partial charge in [0.2, 0.25) is 0 Å². The Morgan fingerprint density at radius 1 is 0.905 bits per heavy atom. The summed E-state index contributed by atoms with van der Waals surface area (Å²) in [7, 11) is 2.10. The molecule has 0 unspecified atom stereocenters. The van der Waals surface area contributed by atoms with Gasteiger partial charge in [0, 0.05) is 24.2 Å². The van der Waals surface area contributed by atoms with Crippen LogP contribution in [0.1, 0.15) is 11.3 Å². The van der Waals surface area contributed by atoms with E-state index in [0.717, 1.165) is 30.0 Å². The van der Waals surface area contributed by atoms with Crippen LogP contribution in [0.25, 0.3) is 10.9 Å². The fourth-order valence-electron chi connectivity index (χ4n) is 2.46. The molecule has 2 aromatic carbocycles. The molecule has 0 aliphatic heterocycles. The molecular formula is C18H19N3. The van der Waals surface area contributed by atoms with Crippen molar-refractivity contribution in [2.45, 2.75) is 13.1 Å². The first kappa shape index (κ1) is 13.6. The summed E-state index contributed by atoms with van der Waals surface area (Å²) in [4.78, 5) is 6.96. The molecule has 3 rings (SSSR count). The first-order valence-corrected chi connectivity index (χ1v) is 7.08. The van der Waals surface area contributed by atoms with Crippen LogP contribution in [0, 0.1) is 0 Å². The lowest BCUT2D eigenvalue weighted by Crippen LogP contribution is -2.18. The van der Waals surface area contributed by atoms with Gasteiger partial charge >= 0.3 is 0 Å². The fourth-order valence-corrected chi connectivity index (χ4v) is 2.46. The molecule has 3 heteroatoms. The van der Waals surface area contributed by atoms with E-state index in [1.165, 1.54) is 10.9 Å². The van der Waals surface area contributed by atoms with Crippen molar-refractivity contribution in [2.24, 2.45) is 0 Å². The van der Waals surface area contributed by atoms with Gasteiger partial charge in [0.25, 0.3) is 0 Å². The number of anilines is 1. The molecule has 0 saturated carbocycles. The summed E-state index contributed by atoms with van der Waals surface area (Å²) in [5.74, 6) is 0. The molecule has 0 fully saturated rings. The number of nitrogen functional groups attached to an aromatic ring is 1. The van der Waals surface area contributed by atoms with Crippen molar-refractivity contribution in [3.63, 3.8) is 0 Å². The van der Waals surface area contributed by atoms with Crippen LogP contribution in [0.3, 0.4) is 0 Å². The molecule has 1 aromatic heterocycles. The third-order valence-electron chi connectivity index (χ3n) is 3.52. The molecule has 3 aromatic rings. The molecule has 0 saturated heterocycles. The number of benzene rings is 2. The van der Waals surface area contributed by atoms with Crippen LogP contribution in [0.5, 0.6) is 0 Å². The van der Waals surface area contributed by atoms with Gasteiger partial charge in [-0.3, -0.25) is 9.88 Å². The number of rotatable bonds is 4. The second-order valence-corrected chi connectivity index (χ2v) is 5.41. The van der Waals surface area contributed by atoms with E-state index >= 15 is 0 Å². The Balaban J connectivity index is 1.70. The first-order chi connectivity index (χ1) is 10.2. The highest BCUT2D eigenvalue weighted by molar-refractivity contribution is 5.78. The van der Waals surface area contributed by atoms with Gasteiger partial charge in [0.1, 0.15) is 0 Å². The molecule has 0 amide bonds. The molecule has 0 atom stereocenters. The van der Waals surface area contributed by atoms with Gasteiger partial charge in [-0.2, -0.15) is 0 Å². The van der Waals surface area contributed by atoms with Gasteiger partial charge in [-0.1, -0.05) is 36.4 Å². The van der Waals surface area contributed by atoms with E-state index in [2.05, 4.69) is 48.3 Å². The van der Waals surface area contributed by atoms with Gasteiger partial charge in [0.05, 0.1) is 11.2 Å². The highest BCUT2D eigenvalue weighted by Crippen LogP contribution is 2.14. The second-order valence-electron chi connectivity index (χ2n) is 5.41. The quantitative estimate of drug-likeness (QED) is 0.743. The van der Waals surface area contributed by atoms with E-state index in [1.807, 2.05) is 24.3 Å². The lowest BCUT2D eigenvalue weighted by molar-refractivity contribution is 0.315. The number of aromatic nitrogens is 1. The number of hydrogen-bond acceptors (Lipinski definition) is 3. The molecule has 0 aliphatic carbocycles. The van der Waals surface area contributed by atoms with E-state index in [0.29, 0.717) is 0 Å². The number of para-hydroxylation sites is 1. The summed E-state index contributed by atoms with van der Waals surface area (Å²) >= 11 is 0. The summed E-state index contributed by atoms with van der Waals surface area (Å²) in [5, 5.41) is 1.18. The predicted octanol–water partition coefficient (Wildman–Crippen LogP) is 3.45. The predicted molar refractivity (Wildman–Crippen MR) is 87.8 cm³/mol. The van der Waals surface area contributed by atoms with Crippen molar-refractivity contribution in [2.75, 3.05) is 12.8 Å². The van der Waals surface area contributed by atoms with E-state index in [4.69, 9.17) is 10.7 Å². The van der Waals surface area contributed by atoms with Crippen LogP contribution in [-0.4, -0.2) is 16.9 Å². The van der Waals surface area contributed by atoms with Gasteiger partial charge in [-0.05, 0) is 36.9 Å². The van der Waals surface area contributed by atoms with E-state index in [1.54, 1.807) is 0 Å². The SMILES string of the molecule is CN(Cc1ccc(N)cc1)Cc1ccc2ccccc2n1. The number of nitrogens with zero attached hydrogens (tertiary/aromatic N) is 2. The van der Waals surface area contributed by atoms with E-state index in [9.17, 15) is 0 Å². The van der Waals surface area contributed by atoms with Crippen LogP contribution in [0.15, 0.2) is 60.7 Å². The summed E-state index contributed by atoms with van der Waals surface area (Å²) < 4.78 is 0. The molecule has 3 nitrogen and oxygen atoms in total. The van der Waals surface area contributed by atoms with Crippen molar-refractivity contribution in [3.05, 3.63) is 71.9 Å². The van der Waals surface area contributed by atoms with Gasteiger partial charge in [-0.25, -0.2) is 0 Å². The summed E-state index contributed by atoms with van der Waals surface area (Å²) in [5.41, 5.74) is 9.91. The molecule has 0 aliphatic rings. The highest BCUT2D eigenvalue weighted by Gasteiger charge is 2.04. The van der Waals surface area contributed by atoms with Crippen molar-refractivity contribution in [1.82, 2.24) is 9.88 Å². The lowest BCUT2D eigenvalue weighted by Gasteiger charge is -2.16. The molecule has 2 N–H and O–H groups in total. The third-order valence-corrected chi connectivity index (χ3v) is 3.52. The van der Waals surface area contributed by atoms with Crippen molar-refractivity contribution in [1.29, 1.82) is 0 Å². The normalized spacial score (nSPS) is 11.1. The molecule has 0 spiro atoms. The van der Waals surface area contributed by atoms with Crippen LogP contribution in [0.2, 0.25) is 0 Å². The fraction of sp³-hybridized carbons (Fsp3) is 0.167. The Bertz CT molecular complexity index is 735. The smallest absolute Gasteiger partial charge is 0.0705 e. The summed E-state index contributed by atoms with van der Waals surface area (Å²) in [6, 6.07) is 20.5. The monoisotopic (exact) mass is 277 g/mol. The summed E-state index contributed by atoms with van der Waals surface area (Å²) in [6.07, 6.45) is 0. The maximum absolute atomic E-state index is 5.71. The molecule has 106 valence electrons. The second kappa shape index (κ2) is 5.94. The lowest BCUT2D eigenvalue weighted by atomic mass is 10.2. The topological polar surface area (TPSA) is 42.1 Å². The largest absolute Gasteiger partial charge is 0.399 e. The Hall–Kier alpha value is -2.39. The van der Waals surface area contributed by atoms with Crippen molar-refractivity contribution < 1.29 is 0 Å². The van der Waals surface area contributed by atoms with Gasteiger partial charge < -0.3 is 5.73 Å². The van der Waals surface area contributed by atoms with E-state index < -0.39 is 0 Å². The minimum atomic E-state index is 0.803. The zero-order valence-corrected chi connectivity index (χ0v) is 12.2. The molecule has 0 bridgehead atoms. The highest BCUT2D eigenvalue weighted by atomic mass is 15.1. The zero-order chi connectivity index (χ0) is 14.7. The average Bonchev–Trinajstić information content (AvgIpc) is 2.49. The number of pyridine rings is 1. The van der Waals surface area contributed by atoms with Gasteiger partial charge in [0.15, 0.2) is 0 Å². The Labute approximate surface area is 125 Å². The number of nitrogens with two attached hydrogens (primary N) is 1. The molecule has 0 radical (unpaired) electrons. The molecule has 21 heavy (non-hydrogen) atoms. The maximum atomic E-state index is 5.71. The molecule has 1 heterocycles. The Kier molecular flexibility index (Phi) is 3.84. The minimum Gasteiger partial charge on any atom is -0.399 e. The minimum absolute atomic E-state index is 0.803. The maximum Gasteiger partial charge on any atom is 0.0705 e. The average molecular weight is 277 g/mol. The van der Waals surface area contributed by atoms with Crippen LogP contribution < -0.4 is 5.73 Å². The number of fused-ring (bicyclic) bond motifs is 1.